The van der Waals surface area contributed by atoms with Crippen molar-refractivity contribution in [1.82, 2.24) is 0 Å². The zero-order valence-electron chi connectivity index (χ0n) is 26.0. The lowest BCUT2D eigenvalue weighted by Crippen LogP contribution is -2.16. The lowest BCUT2D eigenvalue weighted by atomic mass is 9.82. The number of benzene rings is 8. The Labute approximate surface area is 270 Å². The van der Waals surface area contributed by atoms with Crippen LogP contribution in [0, 0.1) is 0 Å². The highest BCUT2D eigenvalue weighted by molar-refractivity contribution is 6.24. The largest absolute Gasteiger partial charge is 0.309 e. The standard InChI is InChI=1S/C45H33N/c1-45(2)39-20-11-10-19-38(39)44-40(45)21-12-22-41(44)46(34-26-23-31(24-27-34)30-13-4-3-5-14-30)42-29-33-16-7-8-17-35(33)37-28-25-32-15-6-9-18-36(32)43(37)42/h3-29H,1-2H3. The first-order valence-corrected chi connectivity index (χ1v) is 16.1. The van der Waals surface area contributed by atoms with Crippen molar-refractivity contribution in [1.29, 1.82) is 0 Å². The summed E-state index contributed by atoms with van der Waals surface area (Å²) in [6.45, 7) is 4.72. The minimum atomic E-state index is -0.0943. The molecule has 0 amide bonds. The van der Waals surface area contributed by atoms with Gasteiger partial charge in [-0.05, 0) is 79.0 Å². The molecule has 0 N–H and O–H groups in total. The molecule has 1 aliphatic rings. The van der Waals surface area contributed by atoms with Gasteiger partial charge in [0.15, 0.2) is 0 Å². The SMILES string of the molecule is CC1(C)c2ccccc2-c2c(N(c3ccc(-c4ccccc4)cc3)c3cc4ccccc4c4ccc5ccccc5c34)cccc21. The molecule has 8 aromatic rings. The summed E-state index contributed by atoms with van der Waals surface area (Å²) in [5.74, 6) is 0. The third-order valence-electron chi connectivity index (χ3n) is 10.0. The van der Waals surface area contributed by atoms with Crippen LogP contribution in [0.5, 0.6) is 0 Å². The third kappa shape index (κ3) is 3.95. The van der Waals surface area contributed by atoms with Crippen LogP contribution in [0.1, 0.15) is 25.0 Å². The van der Waals surface area contributed by atoms with Gasteiger partial charge in [-0.2, -0.15) is 0 Å². The Kier molecular flexibility index (Phi) is 5.92. The number of fused-ring (bicyclic) bond motifs is 8. The Morgan fingerprint density at radius 1 is 0.435 bits per heavy atom. The summed E-state index contributed by atoms with van der Waals surface area (Å²) in [7, 11) is 0. The van der Waals surface area contributed by atoms with Crippen molar-refractivity contribution in [3.63, 3.8) is 0 Å². The van der Waals surface area contributed by atoms with Crippen molar-refractivity contribution in [2.75, 3.05) is 4.90 Å². The number of nitrogens with zero attached hydrogens (tertiary/aromatic N) is 1. The molecule has 0 aromatic heterocycles. The highest BCUT2D eigenvalue weighted by atomic mass is 15.1. The van der Waals surface area contributed by atoms with Crippen LogP contribution in [0.25, 0.3) is 54.6 Å². The summed E-state index contributed by atoms with van der Waals surface area (Å²) >= 11 is 0. The van der Waals surface area contributed by atoms with Gasteiger partial charge in [-0.1, -0.05) is 153 Å². The van der Waals surface area contributed by atoms with Crippen molar-refractivity contribution in [2.45, 2.75) is 19.3 Å². The molecule has 0 saturated carbocycles. The number of hydrogen-bond donors (Lipinski definition) is 0. The van der Waals surface area contributed by atoms with E-state index in [0.29, 0.717) is 0 Å². The lowest BCUT2D eigenvalue weighted by molar-refractivity contribution is 0.660. The predicted molar refractivity (Wildman–Crippen MR) is 197 cm³/mol. The smallest absolute Gasteiger partial charge is 0.0552 e. The van der Waals surface area contributed by atoms with Crippen molar-refractivity contribution >= 4 is 49.4 Å². The summed E-state index contributed by atoms with van der Waals surface area (Å²) in [5.41, 5.74) is 11.2. The van der Waals surface area contributed by atoms with Crippen LogP contribution in [0.4, 0.5) is 17.1 Å². The first-order valence-electron chi connectivity index (χ1n) is 16.1. The van der Waals surface area contributed by atoms with Gasteiger partial charge in [0.2, 0.25) is 0 Å². The van der Waals surface area contributed by atoms with E-state index in [-0.39, 0.29) is 5.41 Å². The topological polar surface area (TPSA) is 3.24 Å². The molecule has 8 aromatic carbocycles. The van der Waals surface area contributed by atoms with Crippen LogP contribution in [0.2, 0.25) is 0 Å². The molecule has 0 fully saturated rings. The van der Waals surface area contributed by atoms with Crippen molar-refractivity contribution in [3.05, 3.63) is 175 Å². The second kappa shape index (κ2) is 10.2. The Hall–Kier alpha value is -5.66. The fourth-order valence-electron chi connectivity index (χ4n) is 7.80. The van der Waals surface area contributed by atoms with E-state index in [2.05, 4.69) is 183 Å². The molecule has 1 heteroatoms. The quantitative estimate of drug-likeness (QED) is 0.185. The molecule has 46 heavy (non-hydrogen) atoms. The highest BCUT2D eigenvalue weighted by Gasteiger charge is 2.38. The molecule has 0 heterocycles. The first-order chi connectivity index (χ1) is 22.6. The molecule has 0 spiro atoms. The summed E-state index contributed by atoms with van der Waals surface area (Å²) in [6, 6.07) is 60.2. The monoisotopic (exact) mass is 587 g/mol. The molecular formula is C45H33N. The summed E-state index contributed by atoms with van der Waals surface area (Å²) in [5, 5.41) is 7.56. The third-order valence-corrected chi connectivity index (χ3v) is 10.0. The van der Waals surface area contributed by atoms with E-state index in [4.69, 9.17) is 0 Å². The van der Waals surface area contributed by atoms with E-state index in [0.717, 1.165) is 5.69 Å². The minimum Gasteiger partial charge on any atom is -0.309 e. The first kappa shape index (κ1) is 26.7. The van der Waals surface area contributed by atoms with Crippen LogP contribution in [0.15, 0.2) is 164 Å². The van der Waals surface area contributed by atoms with Gasteiger partial charge in [0, 0.05) is 22.1 Å². The van der Waals surface area contributed by atoms with Gasteiger partial charge < -0.3 is 4.90 Å². The fraction of sp³-hybridized carbons (Fsp3) is 0.0667. The zero-order chi connectivity index (χ0) is 30.8. The van der Waals surface area contributed by atoms with Crippen LogP contribution < -0.4 is 4.90 Å². The van der Waals surface area contributed by atoms with E-state index >= 15 is 0 Å². The van der Waals surface area contributed by atoms with Crippen LogP contribution in [-0.4, -0.2) is 0 Å². The molecule has 1 nitrogen and oxygen atoms in total. The van der Waals surface area contributed by atoms with Crippen LogP contribution in [-0.2, 0) is 5.41 Å². The highest BCUT2D eigenvalue weighted by Crippen LogP contribution is 2.55. The lowest BCUT2D eigenvalue weighted by Gasteiger charge is -2.31. The Morgan fingerprint density at radius 2 is 1.09 bits per heavy atom. The van der Waals surface area contributed by atoms with Gasteiger partial charge in [-0.25, -0.2) is 0 Å². The number of rotatable bonds is 4. The maximum atomic E-state index is 2.52. The molecule has 218 valence electrons. The molecular weight excluding hydrogens is 555 g/mol. The molecule has 0 bridgehead atoms. The predicted octanol–water partition coefficient (Wildman–Crippen LogP) is 12.6. The van der Waals surface area contributed by atoms with Gasteiger partial charge >= 0.3 is 0 Å². The van der Waals surface area contributed by atoms with Gasteiger partial charge in [0.05, 0.1) is 11.4 Å². The summed E-state index contributed by atoms with van der Waals surface area (Å²) in [6.07, 6.45) is 0. The van der Waals surface area contributed by atoms with E-state index in [1.54, 1.807) is 0 Å². The second-order valence-electron chi connectivity index (χ2n) is 12.9. The number of anilines is 3. The average Bonchev–Trinajstić information content (AvgIpc) is 3.35. The van der Waals surface area contributed by atoms with E-state index in [1.165, 1.54) is 77.1 Å². The Bertz CT molecular complexity index is 2430. The molecule has 0 unspecified atom stereocenters. The normalized spacial score (nSPS) is 13.2. The van der Waals surface area contributed by atoms with E-state index in [9.17, 15) is 0 Å². The molecule has 0 aliphatic heterocycles. The molecule has 9 rings (SSSR count). The van der Waals surface area contributed by atoms with Gasteiger partial charge in [0.25, 0.3) is 0 Å². The average molecular weight is 588 g/mol. The maximum absolute atomic E-state index is 2.52. The Morgan fingerprint density at radius 3 is 1.91 bits per heavy atom. The van der Waals surface area contributed by atoms with E-state index in [1.807, 2.05) is 0 Å². The molecule has 1 aliphatic carbocycles. The number of hydrogen-bond acceptors (Lipinski definition) is 1. The minimum absolute atomic E-state index is 0.0943. The maximum Gasteiger partial charge on any atom is 0.0552 e. The molecule has 0 saturated heterocycles. The van der Waals surface area contributed by atoms with Crippen molar-refractivity contribution in [3.8, 4) is 22.3 Å². The zero-order valence-corrected chi connectivity index (χ0v) is 26.0. The van der Waals surface area contributed by atoms with Crippen molar-refractivity contribution < 1.29 is 0 Å². The van der Waals surface area contributed by atoms with Gasteiger partial charge in [0.1, 0.15) is 0 Å². The van der Waals surface area contributed by atoms with Crippen molar-refractivity contribution in [2.24, 2.45) is 0 Å². The second-order valence-corrected chi connectivity index (χ2v) is 12.9. The van der Waals surface area contributed by atoms with Crippen LogP contribution in [0.3, 0.4) is 0 Å². The van der Waals surface area contributed by atoms with Gasteiger partial charge in [-0.15, -0.1) is 0 Å². The van der Waals surface area contributed by atoms with Gasteiger partial charge in [-0.3, -0.25) is 0 Å². The van der Waals surface area contributed by atoms with Crippen LogP contribution >= 0.6 is 0 Å². The molecule has 0 atom stereocenters. The summed E-state index contributed by atoms with van der Waals surface area (Å²) in [4.78, 5) is 2.52. The van der Waals surface area contributed by atoms with E-state index < -0.39 is 0 Å². The summed E-state index contributed by atoms with van der Waals surface area (Å²) < 4.78 is 0. The Balaban J connectivity index is 1.40. The fourth-order valence-corrected chi connectivity index (χ4v) is 7.80. The molecule has 0 radical (unpaired) electrons.